The maximum Gasteiger partial charge on any atom is 0.269 e. The summed E-state index contributed by atoms with van der Waals surface area (Å²) in [6, 6.07) is 9.42. The molecule has 18 heavy (non-hydrogen) atoms. The van der Waals surface area contributed by atoms with Crippen LogP contribution >= 0.6 is 0 Å². The summed E-state index contributed by atoms with van der Waals surface area (Å²) < 4.78 is 5.55. The summed E-state index contributed by atoms with van der Waals surface area (Å²) in [6.07, 6.45) is 2.34. The predicted molar refractivity (Wildman–Crippen MR) is 65.3 cm³/mol. The molecule has 1 amide bonds. The zero-order valence-electron chi connectivity index (χ0n) is 9.72. The Bertz CT molecular complexity index is 551. The number of ether oxygens (including phenoxy) is 1. The number of rotatable bonds is 2. The number of carbonyl (C=O) groups excluding carboxylic acids is 1. The van der Waals surface area contributed by atoms with Gasteiger partial charge in [0.1, 0.15) is 11.4 Å². The van der Waals surface area contributed by atoms with E-state index in [1.54, 1.807) is 12.3 Å². The van der Waals surface area contributed by atoms with Gasteiger partial charge in [-0.1, -0.05) is 18.2 Å². The van der Waals surface area contributed by atoms with Crippen molar-refractivity contribution in [1.82, 2.24) is 15.5 Å². The number of hydrogen-bond donors (Lipinski definition) is 2. The molecule has 0 aliphatic carbocycles. The number of carbonyl (C=O) groups is 1. The lowest BCUT2D eigenvalue weighted by atomic mass is 10.0. The number of para-hydroxylation sites is 1. The monoisotopic (exact) mass is 243 g/mol. The highest BCUT2D eigenvalue weighted by Gasteiger charge is 2.23. The van der Waals surface area contributed by atoms with Crippen LogP contribution in [0.4, 0.5) is 0 Å². The minimum absolute atomic E-state index is 0.00856. The average molecular weight is 243 g/mol. The third-order valence-electron chi connectivity index (χ3n) is 3.01. The summed E-state index contributed by atoms with van der Waals surface area (Å²) in [6.45, 7) is 0.616. The number of H-pyrrole nitrogens is 1. The van der Waals surface area contributed by atoms with Gasteiger partial charge in [-0.2, -0.15) is 5.10 Å². The number of fused-ring (bicyclic) bond motifs is 1. The summed E-state index contributed by atoms with van der Waals surface area (Å²) in [7, 11) is 0. The first-order valence-corrected chi connectivity index (χ1v) is 5.86. The van der Waals surface area contributed by atoms with Gasteiger partial charge in [-0.05, 0) is 12.1 Å². The van der Waals surface area contributed by atoms with Gasteiger partial charge in [-0.25, -0.2) is 0 Å². The zero-order valence-corrected chi connectivity index (χ0v) is 9.72. The van der Waals surface area contributed by atoms with E-state index in [0.29, 0.717) is 12.3 Å². The lowest BCUT2D eigenvalue weighted by Gasteiger charge is -2.26. The van der Waals surface area contributed by atoms with Crippen molar-refractivity contribution in [2.45, 2.75) is 12.5 Å². The van der Waals surface area contributed by atoms with Crippen molar-refractivity contribution >= 4 is 5.91 Å². The van der Waals surface area contributed by atoms with Crippen molar-refractivity contribution in [3.05, 3.63) is 47.8 Å². The highest BCUT2D eigenvalue weighted by atomic mass is 16.5. The van der Waals surface area contributed by atoms with E-state index >= 15 is 0 Å². The second-order valence-electron chi connectivity index (χ2n) is 4.17. The van der Waals surface area contributed by atoms with E-state index in [-0.39, 0.29) is 11.9 Å². The SMILES string of the molecule is O=C(N[C@@H]1CCOc2ccccc21)c1ccn[nH]1. The van der Waals surface area contributed by atoms with E-state index in [9.17, 15) is 4.79 Å². The summed E-state index contributed by atoms with van der Waals surface area (Å²) >= 11 is 0. The molecule has 1 aliphatic heterocycles. The topological polar surface area (TPSA) is 67.0 Å². The van der Waals surface area contributed by atoms with Crippen LogP contribution in [0.25, 0.3) is 0 Å². The van der Waals surface area contributed by atoms with Crippen LogP contribution in [0.2, 0.25) is 0 Å². The standard InChI is InChI=1S/C13H13N3O2/c17-13(11-5-7-14-16-11)15-10-6-8-18-12-4-2-1-3-9(10)12/h1-5,7,10H,6,8H2,(H,14,16)(H,15,17)/t10-/m1/s1. The Labute approximate surface area is 104 Å². The van der Waals surface area contributed by atoms with Gasteiger partial charge in [0.05, 0.1) is 12.6 Å². The number of nitrogens with zero attached hydrogens (tertiary/aromatic N) is 1. The minimum atomic E-state index is -0.144. The van der Waals surface area contributed by atoms with E-state index < -0.39 is 0 Å². The van der Waals surface area contributed by atoms with Crippen LogP contribution in [-0.2, 0) is 0 Å². The summed E-state index contributed by atoms with van der Waals surface area (Å²) in [4.78, 5) is 12.0. The Morgan fingerprint density at radius 2 is 2.28 bits per heavy atom. The van der Waals surface area contributed by atoms with Crippen LogP contribution in [0, 0.1) is 0 Å². The number of amides is 1. The molecule has 1 aliphatic rings. The van der Waals surface area contributed by atoms with Gasteiger partial charge < -0.3 is 10.1 Å². The molecule has 0 saturated heterocycles. The number of hydrogen-bond acceptors (Lipinski definition) is 3. The molecule has 2 heterocycles. The van der Waals surface area contributed by atoms with Crippen molar-refractivity contribution in [3.8, 4) is 5.75 Å². The summed E-state index contributed by atoms with van der Waals surface area (Å²) in [5.74, 6) is 0.702. The average Bonchev–Trinajstić information content (AvgIpc) is 2.93. The Morgan fingerprint density at radius 1 is 1.39 bits per heavy atom. The minimum Gasteiger partial charge on any atom is -0.493 e. The van der Waals surface area contributed by atoms with E-state index in [0.717, 1.165) is 17.7 Å². The zero-order chi connectivity index (χ0) is 12.4. The molecule has 0 radical (unpaired) electrons. The summed E-state index contributed by atoms with van der Waals surface area (Å²) in [5.41, 5.74) is 1.50. The Morgan fingerprint density at radius 3 is 3.11 bits per heavy atom. The highest BCUT2D eigenvalue weighted by Crippen LogP contribution is 2.31. The molecule has 3 rings (SSSR count). The molecule has 0 saturated carbocycles. The van der Waals surface area contributed by atoms with Crippen LogP contribution in [0.3, 0.4) is 0 Å². The molecular weight excluding hydrogens is 230 g/mol. The first kappa shape index (κ1) is 10.8. The van der Waals surface area contributed by atoms with Gasteiger partial charge >= 0.3 is 0 Å². The third kappa shape index (κ3) is 1.95. The van der Waals surface area contributed by atoms with Crippen molar-refractivity contribution in [3.63, 3.8) is 0 Å². The van der Waals surface area contributed by atoms with Gasteiger partial charge in [0.15, 0.2) is 0 Å². The van der Waals surface area contributed by atoms with Crippen molar-refractivity contribution in [2.75, 3.05) is 6.61 Å². The lowest BCUT2D eigenvalue weighted by Crippen LogP contribution is -2.32. The van der Waals surface area contributed by atoms with Crippen LogP contribution in [0.15, 0.2) is 36.5 Å². The molecule has 1 aromatic carbocycles. The number of nitrogens with one attached hydrogen (secondary N) is 2. The molecule has 1 atom stereocenters. The molecular formula is C13H13N3O2. The quantitative estimate of drug-likeness (QED) is 0.843. The molecule has 0 unspecified atom stereocenters. The second-order valence-corrected chi connectivity index (χ2v) is 4.17. The van der Waals surface area contributed by atoms with Gasteiger partial charge in [0, 0.05) is 18.2 Å². The normalized spacial score (nSPS) is 17.7. The third-order valence-corrected chi connectivity index (χ3v) is 3.01. The van der Waals surface area contributed by atoms with Gasteiger partial charge in [-0.3, -0.25) is 9.89 Å². The van der Waals surface area contributed by atoms with E-state index in [1.165, 1.54) is 0 Å². The molecule has 92 valence electrons. The molecule has 0 bridgehead atoms. The van der Waals surface area contributed by atoms with Crippen molar-refractivity contribution in [2.24, 2.45) is 0 Å². The first-order valence-electron chi connectivity index (χ1n) is 5.86. The van der Waals surface area contributed by atoms with Gasteiger partial charge in [0.2, 0.25) is 0 Å². The van der Waals surface area contributed by atoms with Gasteiger partial charge in [-0.15, -0.1) is 0 Å². The predicted octanol–water partition coefficient (Wildman–Crippen LogP) is 1.66. The maximum absolute atomic E-state index is 12.0. The van der Waals surface area contributed by atoms with E-state index in [1.807, 2.05) is 24.3 Å². The molecule has 1 aromatic heterocycles. The van der Waals surface area contributed by atoms with E-state index in [2.05, 4.69) is 15.5 Å². The largest absolute Gasteiger partial charge is 0.493 e. The molecule has 0 spiro atoms. The number of benzene rings is 1. The Hall–Kier alpha value is -2.30. The Balaban J connectivity index is 1.80. The number of aromatic nitrogens is 2. The van der Waals surface area contributed by atoms with Crippen LogP contribution in [0.1, 0.15) is 28.5 Å². The molecule has 2 N–H and O–H groups in total. The second kappa shape index (κ2) is 4.52. The maximum atomic E-state index is 12.0. The molecule has 0 fully saturated rings. The molecule has 5 heteroatoms. The van der Waals surface area contributed by atoms with Gasteiger partial charge in [0.25, 0.3) is 5.91 Å². The number of aromatic amines is 1. The lowest BCUT2D eigenvalue weighted by molar-refractivity contribution is 0.0919. The smallest absolute Gasteiger partial charge is 0.269 e. The fraction of sp³-hybridized carbons (Fsp3) is 0.231. The Kier molecular flexibility index (Phi) is 2.72. The van der Waals surface area contributed by atoms with Crippen LogP contribution in [0.5, 0.6) is 5.75 Å². The van der Waals surface area contributed by atoms with Crippen LogP contribution < -0.4 is 10.1 Å². The molecule has 5 nitrogen and oxygen atoms in total. The van der Waals surface area contributed by atoms with Crippen LogP contribution in [-0.4, -0.2) is 22.7 Å². The highest BCUT2D eigenvalue weighted by molar-refractivity contribution is 5.92. The summed E-state index contributed by atoms with van der Waals surface area (Å²) in [5, 5.41) is 9.41. The van der Waals surface area contributed by atoms with E-state index in [4.69, 9.17) is 4.74 Å². The first-order chi connectivity index (χ1) is 8.84. The fourth-order valence-electron chi connectivity index (χ4n) is 2.11. The fourth-order valence-corrected chi connectivity index (χ4v) is 2.11. The van der Waals surface area contributed by atoms with Crippen molar-refractivity contribution in [1.29, 1.82) is 0 Å². The molecule has 2 aromatic rings. The van der Waals surface area contributed by atoms with Crippen molar-refractivity contribution < 1.29 is 9.53 Å².